The highest BCUT2D eigenvalue weighted by Gasteiger charge is 2.25. The van der Waals surface area contributed by atoms with Crippen LogP contribution in [0.5, 0.6) is 0 Å². The molecule has 0 aliphatic heterocycles. The van der Waals surface area contributed by atoms with Gasteiger partial charge in [-0.25, -0.2) is 0 Å². The van der Waals surface area contributed by atoms with E-state index in [9.17, 15) is 9.90 Å². The third-order valence-corrected chi connectivity index (χ3v) is 3.59. The molecular formula is C16H20ClN3O2. The quantitative estimate of drug-likeness (QED) is 0.889. The molecule has 5 nitrogen and oxygen atoms in total. The van der Waals surface area contributed by atoms with Crippen LogP contribution in [0.1, 0.15) is 31.1 Å². The first kappa shape index (κ1) is 16.5. The average molecular weight is 322 g/mol. The number of nitrogens with one attached hydrogen (secondary N) is 1. The maximum Gasteiger partial charge on any atom is 0.257 e. The normalized spacial score (nSPS) is 11.5. The number of carbonyl (C=O) groups is 1. The largest absolute Gasteiger partial charge is 0.389 e. The number of nitrogens with zero attached hydrogens (tertiary/aromatic N) is 2. The summed E-state index contributed by atoms with van der Waals surface area (Å²) in [5.74, 6) is -0.187. The van der Waals surface area contributed by atoms with E-state index in [4.69, 9.17) is 11.6 Å². The van der Waals surface area contributed by atoms with Crippen molar-refractivity contribution in [2.24, 2.45) is 0 Å². The Balaban J connectivity index is 2.36. The molecule has 1 heterocycles. The minimum absolute atomic E-state index is 0.187. The molecule has 2 aromatic rings. The lowest BCUT2D eigenvalue weighted by Gasteiger charge is -2.28. The molecule has 0 unspecified atom stereocenters. The van der Waals surface area contributed by atoms with Crippen molar-refractivity contribution < 1.29 is 9.90 Å². The zero-order chi connectivity index (χ0) is 16.3. The van der Waals surface area contributed by atoms with Crippen LogP contribution in [0.2, 0.25) is 5.02 Å². The molecule has 22 heavy (non-hydrogen) atoms. The number of benzene rings is 1. The first-order chi connectivity index (χ1) is 10.3. The minimum atomic E-state index is -0.958. The van der Waals surface area contributed by atoms with E-state index in [2.05, 4.69) is 10.2 Å². The Morgan fingerprint density at radius 2 is 2.09 bits per heavy atom. The van der Waals surface area contributed by atoms with Crippen molar-refractivity contribution in [1.82, 2.24) is 15.1 Å². The summed E-state index contributed by atoms with van der Waals surface area (Å²) in [5.41, 5.74) is 0.799. The summed E-state index contributed by atoms with van der Waals surface area (Å²) in [5, 5.41) is 17.3. The molecule has 0 aliphatic rings. The summed E-state index contributed by atoms with van der Waals surface area (Å²) in [7, 11) is 0. The van der Waals surface area contributed by atoms with Gasteiger partial charge in [0.15, 0.2) is 0 Å². The van der Waals surface area contributed by atoms with Gasteiger partial charge in [0, 0.05) is 23.7 Å². The second-order valence-corrected chi connectivity index (χ2v) is 6.18. The van der Waals surface area contributed by atoms with Crippen LogP contribution in [-0.4, -0.2) is 44.8 Å². The summed E-state index contributed by atoms with van der Waals surface area (Å²) in [4.78, 5) is 14.3. The van der Waals surface area contributed by atoms with Crippen molar-refractivity contribution in [2.75, 3.05) is 13.1 Å². The lowest BCUT2D eigenvalue weighted by molar-refractivity contribution is 0.0315. The van der Waals surface area contributed by atoms with Gasteiger partial charge in [0.1, 0.15) is 0 Å². The van der Waals surface area contributed by atoms with E-state index < -0.39 is 5.60 Å². The molecule has 1 aromatic carbocycles. The van der Waals surface area contributed by atoms with E-state index >= 15 is 0 Å². The molecule has 0 spiro atoms. The Labute approximate surface area is 134 Å². The van der Waals surface area contributed by atoms with Gasteiger partial charge < -0.3 is 10.0 Å². The fourth-order valence-electron chi connectivity index (χ4n) is 2.28. The van der Waals surface area contributed by atoms with Crippen LogP contribution < -0.4 is 0 Å². The Hall–Kier alpha value is -1.85. The van der Waals surface area contributed by atoms with Crippen LogP contribution in [0.15, 0.2) is 30.5 Å². The molecule has 0 fully saturated rings. The number of hydrogen-bond donors (Lipinski definition) is 2. The molecule has 0 aliphatic carbocycles. The van der Waals surface area contributed by atoms with Crippen molar-refractivity contribution in [3.8, 4) is 11.3 Å². The fraction of sp³-hybridized carbons (Fsp3) is 0.375. The van der Waals surface area contributed by atoms with Gasteiger partial charge >= 0.3 is 0 Å². The molecule has 2 rings (SSSR count). The summed E-state index contributed by atoms with van der Waals surface area (Å²) in [6.07, 6.45) is 1.49. The van der Waals surface area contributed by atoms with E-state index in [1.807, 2.05) is 25.1 Å². The van der Waals surface area contributed by atoms with Crippen molar-refractivity contribution >= 4 is 17.5 Å². The van der Waals surface area contributed by atoms with Crippen LogP contribution in [0.25, 0.3) is 11.3 Å². The van der Waals surface area contributed by atoms with E-state index in [0.717, 1.165) is 5.56 Å². The molecule has 1 amide bonds. The smallest absolute Gasteiger partial charge is 0.257 e. The molecule has 0 saturated heterocycles. The van der Waals surface area contributed by atoms with E-state index in [0.29, 0.717) is 22.8 Å². The maximum atomic E-state index is 12.7. The molecule has 6 heteroatoms. The van der Waals surface area contributed by atoms with Gasteiger partial charge in [-0.05, 0) is 26.8 Å². The topological polar surface area (TPSA) is 69.2 Å². The SMILES string of the molecule is CCN(CC(C)(C)O)C(=O)c1cn[nH]c1-c1ccccc1Cl. The molecule has 0 radical (unpaired) electrons. The molecular weight excluding hydrogens is 302 g/mol. The Morgan fingerprint density at radius 1 is 1.41 bits per heavy atom. The maximum absolute atomic E-state index is 12.7. The Kier molecular flexibility index (Phi) is 4.88. The second-order valence-electron chi connectivity index (χ2n) is 5.77. The lowest BCUT2D eigenvalue weighted by atomic mass is 10.1. The lowest BCUT2D eigenvalue weighted by Crippen LogP contribution is -2.42. The summed E-state index contributed by atoms with van der Waals surface area (Å²) in [6.45, 7) is 5.96. The summed E-state index contributed by atoms with van der Waals surface area (Å²) < 4.78 is 0. The van der Waals surface area contributed by atoms with E-state index in [-0.39, 0.29) is 12.5 Å². The van der Waals surface area contributed by atoms with Gasteiger partial charge in [0.05, 0.1) is 23.1 Å². The molecule has 0 atom stereocenters. The highest BCUT2D eigenvalue weighted by atomic mass is 35.5. The zero-order valence-electron chi connectivity index (χ0n) is 12.9. The molecule has 1 aromatic heterocycles. The van der Waals surface area contributed by atoms with Gasteiger partial charge in [0.2, 0.25) is 0 Å². The first-order valence-electron chi connectivity index (χ1n) is 7.13. The van der Waals surface area contributed by atoms with E-state index in [1.54, 1.807) is 24.8 Å². The van der Waals surface area contributed by atoms with Crippen LogP contribution in [0.3, 0.4) is 0 Å². The van der Waals surface area contributed by atoms with E-state index in [1.165, 1.54) is 6.20 Å². The Morgan fingerprint density at radius 3 is 2.68 bits per heavy atom. The standard InChI is InChI=1S/C16H20ClN3O2/c1-4-20(10-16(2,3)22)15(21)12-9-18-19-14(12)11-7-5-6-8-13(11)17/h5-9,22H,4,10H2,1-3H3,(H,18,19). The van der Waals surface area contributed by atoms with Gasteiger partial charge in [-0.15, -0.1) is 0 Å². The van der Waals surface area contributed by atoms with Gasteiger partial charge in [0.25, 0.3) is 5.91 Å². The van der Waals surface area contributed by atoms with Crippen LogP contribution in [-0.2, 0) is 0 Å². The number of amides is 1. The van der Waals surface area contributed by atoms with Crippen molar-refractivity contribution in [2.45, 2.75) is 26.4 Å². The molecule has 118 valence electrons. The van der Waals surface area contributed by atoms with Crippen molar-refractivity contribution in [3.05, 3.63) is 41.0 Å². The number of H-pyrrole nitrogens is 1. The molecule has 0 saturated carbocycles. The second kappa shape index (κ2) is 6.50. The summed E-state index contributed by atoms with van der Waals surface area (Å²) >= 11 is 6.20. The van der Waals surface area contributed by atoms with Crippen molar-refractivity contribution in [3.63, 3.8) is 0 Å². The predicted octanol–water partition coefficient (Wildman–Crippen LogP) is 2.96. The molecule has 2 N–H and O–H groups in total. The van der Waals surface area contributed by atoms with Crippen molar-refractivity contribution in [1.29, 1.82) is 0 Å². The third-order valence-electron chi connectivity index (χ3n) is 3.26. The van der Waals surface area contributed by atoms with Crippen LogP contribution in [0, 0.1) is 0 Å². The summed E-state index contributed by atoms with van der Waals surface area (Å²) in [6, 6.07) is 7.28. The number of aromatic nitrogens is 2. The predicted molar refractivity (Wildman–Crippen MR) is 86.9 cm³/mol. The molecule has 0 bridgehead atoms. The highest BCUT2D eigenvalue weighted by Crippen LogP contribution is 2.29. The van der Waals surface area contributed by atoms with Gasteiger partial charge in [-0.1, -0.05) is 29.8 Å². The minimum Gasteiger partial charge on any atom is -0.389 e. The van der Waals surface area contributed by atoms with Crippen LogP contribution >= 0.6 is 11.6 Å². The van der Waals surface area contributed by atoms with Gasteiger partial charge in [-0.3, -0.25) is 9.89 Å². The zero-order valence-corrected chi connectivity index (χ0v) is 13.7. The van der Waals surface area contributed by atoms with Gasteiger partial charge in [-0.2, -0.15) is 5.10 Å². The highest BCUT2D eigenvalue weighted by molar-refractivity contribution is 6.33. The number of aromatic amines is 1. The number of aliphatic hydroxyl groups is 1. The fourth-order valence-corrected chi connectivity index (χ4v) is 2.51. The van der Waals surface area contributed by atoms with Crippen LogP contribution in [0.4, 0.5) is 0 Å². The third kappa shape index (κ3) is 3.67. The number of likely N-dealkylation sites (N-methyl/N-ethyl adjacent to an activating group) is 1. The first-order valence-corrected chi connectivity index (χ1v) is 7.51. The monoisotopic (exact) mass is 321 g/mol. The number of hydrogen-bond acceptors (Lipinski definition) is 3. The number of carbonyl (C=O) groups excluding carboxylic acids is 1. The number of halogens is 1. The average Bonchev–Trinajstić information content (AvgIpc) is 2.92. The Bertz CT molecular complexity index is 661. The number of rotatable bonds is 5.